The van der Waals surface area contributed by atoms with Gasteiger partial charge in [-0.05, 0) is 24.6 Å². The van der Waals surface area contributed by atoms with Gasteiger partial charge >= 0.3 is 0 Å². The first kappa shape index (κ1) is 20.4. The first-order valence-corrected chi connectivity index (χ1v) is 11.2. The molecule has 0 spiro atoms. The zero-order chi connectivity index (χ0) is 20.9. The fraction of sp³-hybridized carbons (Fsp3) is 0.316. The molecule has 9 nitrogen and oxygen atoms in total. The fourth-order valence-electron chi connectivity index (χ4n) is 2.84. The Morgan fingerprint density at radius 2 is 2.17 bits per heavy atom. The minimum Gasteiger partial charge on any atom is -0.454 e. The van der Waals surface area contributed by atoms with Gasteiger partial charge in [0.1, 0.15) is 5.01 Å². The summed E-state index contributed by atoms with van der Waals surface area (Å²) < 4.78 is 12.7. The van der Waals surface area contributed by atoms with Crippen LogP contribution in [-0.2, 0) is 17.8 Å². The molecule has 2 aromatic heterocycles. The number of carbonyl (C=O) groups excluding carboxylic acids is 1. The number of nitrogens with zero attached hydrogens (tertiary/aromatic N) is 5. The first-order chi connectivity index (χ1) is 14.7. The predicted molar refractivity (Wildman–Crippen MR) is 115 cm³/mol. The van der Waals surface area contributed by atoms with Gasteiger partial charge in [0.25, 0.3) is 0 Å². The van der Waals surface area contributed by atoms with Crippen LogP contribution in [0.2, 0.25) is 0 Å². The van der Waals surface area contributed by atoms with E-state index in [0.29, 0.717) is 34.2 Å². The van der Waals surface area contributed by atoms with E-state index in [-0.39, 0.29) is 18.5 Å². The number of fused-ring (bicyclic) bond motifs is 1. The predicted octanol–water partition coefficient (Wildman–Crippen LogP) is 3.39. The molecule has 1 aliphatic heterocycles. The monoisotopic (exact) mass is 444 g/mol. The normalized spacial score (nSPS) is 12.2. The maximum atomic E-state index is 12.3. The second-order valence-electron chi connectivity index (χ2n) is 6.36. The molecular weight excluding hydrogens is 424 g/mol. The van der Waals surface area contributed by atoms with Gasteiger partial charge in [0, 0.05) is 18.5 Å². The van der Waals surface area contributed by atoms with Crippen molar-refractivity contribution in [2.45, 2.75) is 31.5 Å². The van der Waals surface area contributed by atoms with E-state index in [0.717, 1.165) is 23.4 Å². The summed E-state index contributed by atoms with van der Waals surface area (Å²) >= 11 is 2.70. The molecule has 0 saturated heterocycles. The maximum Gasteiger partial charge on any atom is 0.236 e. The van der Waals surface area contributed by atoms with Crippen molar-refractivity contribution < 1.29 is 14.3 Å². The van der Waals surface area contributed by atoms with E-state index in [2.05, 4.69) is 39.2 Å². The number of hydrogen-bond donors (Lipinski definition) is 1. The maximum absolute atomic E-state index is 12.3. The summed E-state index contributed by atoms with van der Waals surface area (Å²) in [5, 5.41) is 21.5. The standard InChI is InChI=1S/C19H20N6O3S2/c1-3-5-16-21-23-18(30-16)20-15(26)10-29-19-24-22-17(25(19)8-4-2)12-6-7-13-14(9-12)28-11-27-13/h4,6-7,9H,2-3,5,8,10-11H2,1H3,(H,20,23,26). The van der Waals surface area contributed by atoms with E-state index in [1.165, 1.54) is 23.1 Å². The van der Waals surface area contributed by atoms with Crippen LogP contribution in [0.1, 0.15) is 18.4 Å². The molecule has 1 N–H and O–H groups in total. The molecule has 1 aliphatic rings. The molecule has 4 rings (SSSR count). The molecule has 1 amide bonds. The number of hydrogen-bond acceptors (Lipinski definition) is 9. The van der Waals surface area contributed by atoms with Gasteiger partial charge in [-0.2, -0.15) is 0 Å². The summed E-state index contributed by atoms with van der Waals surface area (Å²) in [5.74, 6) is 2.06. The Labute approximate surface area is 181 Å². The van der Waals surface area contributed by atoms with Gasteiger partial charge in [0.05, 0.1) is 5.75 Å². The number of aromatic nitrogens is 5. The Kier molecular flexibility index (Phi) is 6.29. The SMILES string of the molecule is C=CCn1c(SCC(=O)Nc2nnc(CCC)s2)nnc1-c1ccc2c(c1)OCO2. The van der Waals surface area contributed by atoms with Gasteiger partial charge in [-0.3, -0.25) is 14.7 Å². The number of aryl methyl sites for hydroxylation is 1. The molecule has 0 saturated carbocycles. The smallest absolute Gasteiger partial charge is 0.236 e. The van der Waals surface area contributed by atoms with Crippen molar-refractivity contribution in [3.05, 3.63) is 35.9 Å². The van der Waals surface area contributed by atoms with Crippen LogP contribution in [0.25, 0.3) is 11.4 Å². The largest absolute Gasteiger partial charge is 0.454 e. The summed E-state index contributed by atoms with van der Waals surface area (Å²) in [4.78, 5) is 12.3. The molecule has 0 bridgehead atoms. The van der Waals surface area contributed by atoms with Crippen LogP contribution < -0.4 is 14.8 Å². The third kappa shape index (κ3) is 4.46. The van der Waals surface area contributed by atoms with Crippen LogP contribution in [0.5, 0.6) is 11.5 Å². The molecule has 1 aromatic carbocycles. The van der Waals surface area contributed by atoms with Gasteiger partial charge in [-0.25, -0.2) is 0 Å². The second kappa shape index (κ2) is 9.26. The topological polar surface area (TPSA) is 104 Å². The quantitative estimate of drug-likeness (QED) is 0.396. The van der Waals surface area contributed by atoms with Crippen molar-refractivity contribution in [3.8, 4) is 22.9 Å². The molecule has 156 valence electrons. The molecule has 0 fully saturated rings. The van der Waals surface area contributed by atoms with E-state index in [4.69, 9.17) is 9.47 Å². The summed E-state index contributed by atoms with van der Waals surface area (Å²) in [7, 11) is 0. The van der Waals surface area contributed by atoms with Crippen molar-refractivity contribution in [2.24, 2.45) is 0 Å². The zero-order valence-electron chi connectivity index (χ0n) is 16.3. The third-order valence-corrected chi connectivity index (χ3v) is 6.03. The van der Waals surface area contributed by atoms with Gasteiger partial charge in [-0.15, -0.1) is 27.0 Å². The lowest BCUT2D eigenvalue weighted by Crippen LogP contribution is -2.14. The molecule has 30 heavy (non-hydrogen) atoms. The average molecular weight is 445 g/mol. The highest BCUT2D eigenvalue weighted by atomic mass is 32.2. The first-order valence-electron chi connectivity index (χ1n) is 9.37. The molecule has 3 heterocycles. The number of amides is 1. The van der Waals surface area contributed by atoms with Crippen LogP contribution in [0.4, 0.5) is 5.13 Å². The molecule has 0 unspecified atom stereocenters. The van der Waals surface area contributed by atoms with E-state index in [1.807, 2.05) is 22.8 Å². The van der Waals surface area contributed by atoms with Crippen molar-refractivity contribution >= 4 is 34.1 Å². The summed E-state index contributed by atoms with van der Waals surface area (Å²) in [6.45, 7) is 6.61. The minimum absolute atomic E-state index is 0.169. The molecule has 0 radical (unpaired) electrons. The highest BCUT2D eigenvalue weighted by Gasteiger charge is 2.19. The van der Waals surface area contributed by atoms with Crippen molar-refractivity contribution in [1.29, 1.82) is 0 Å². The number of benzene rings is 1. The molecular formula is C19H20N6O3S2. The van der Waals surface area contributed by atoms with Crippen molar-refractivity contribution in [2.75, 3.05) is 17.9 Å². The fourth-order valence-corrected chi connectivity index (χ4v) is 4.45. The van der Waals surface area contributed by atoms with E-state index < -0.39 is 0 Å². The second-order valence-corrected chi connectivity index (χ2v) is 8.37. The van der Waals surface area contributed by atoms with E-state index in [9.17, 15) is 4.79 Å². The molecule has 0 atom stereocenters. The third-order valence-electron chi connectivity index (χ3n) is 4.17. The van der Waals surface area contributed by atoms with Crippen LogP contribution >= 0.6 is 23.1 Å². The van der Waals surface area contributed by atoms with Crippen LogP contribution in [0.15, 0.2) is 36.0 Å². The lowest BCUT2D eigenvalue weighted by Gasteiger charge is -2.08. The van der Waals surface area contributed by atoms with Crippen molar-refractivity contribution in [1.82, 2.24) is 25.0 Å². The molecule has 3 aromatic rings. The Morgan fingerprint density at radius 1 is 1.30 bits per heavy atom. The lowest BCUT2D eigenvalue weighted by atomic mass is 10.2. The summed E-state index contributed by atoms with van der Waals surface area (Å²) in [6, 6.07) is 5.62. The van der Waals surface area contributed by atoms with E-state index >= 15 is 0 Å². The molecule has 0 aliphatic carbocycles. The zero-order valence-corrected chi connectivity index (χ0v) is 18.0. The lowest BCUT2D eigenvalue weighted by molar-refractivity contribution is -0.113. The number of ether oxygens (including phenoxy) is 2. The van der Waals surface area contributed by atoms with Gasteiger partial charge in [0.2, 0.25) is 17.8 Å². The van der Waals surface area contributed by atoms with Gasteiger partial charge in [0.15, 0.2) is 22.5 Å². The summed E-state index contributed by atoms with van der Waals surface area (Å²) in [6.07, 6.45) is 3.61. The Balaban J connectivity index is 1.45. The Bertz CT molecular complexity index is 1060. The van der Waals surface area contributed by atoms with E-state index in [1.54, 1.807) is 6.08 Å². The van der Waals surface area contributed by atoms with Crippen LogP contribution in [0, 0.1) is 0 Å². The average Bonchev–Trinajstić information content (AvgIpc) is 3.47. The van der Waals surface area contributed by atoms with Crippen LogP contribution in [-0.4, -0.2) is 43.4 Å². The van der Waals surface area contributed by atoms with Crippen molar-refractivity contribution in [3.63, 3.8) is 0 Å². The number of rotatable bonds is 9. The highest BCUT2D eigenvalue weighted by Crippen LogP contribution is 2.36. The Morgan fingerprint density at radius 3 is 3.00 bits per heavy atom. The highest BCUT2D eigenvalue weighted by molar-refractivity contribution is 7.99. The number of carbonyl (C=O) groups is 1. The number of anilines is 1. The Hall–Kier alpha value is -2.92. The minimum atomic E-state index is -0.169. The van der Waals surface area contributed by atoms with Gasteiger partial charge in [-0.1, -0.05) is 36.1 Å². The van der Waals surface area contributed by atoms with Crippen LogP contribution in [0.3, 0.4) is 0 Å². The van der Waals surface area contributed by atoms with Gasteiger partial charge < -0.3 is 9.47 Å². The number of thioether (sulfide) groups is 1. The number of nitrogens with one attached hydrogen (secondary N) is 1. The summed E-state index contributed by atoms with van der Waals surface area (Å²) in [5.41, 5.74) is 0.849. The molecule has 11 heteroatoms. The number of allylic oxidation sites excluding steroid dienone is 1.